The van der Waals surface area contributed by atoms with Gasteiger partial charge < -0.3 is 29.7 Å². The molecular formula is C27H27BrN2O6. The van der Waals surface area contributed by atoms with Crippen LogP contribution in [-0.4, -0.2) is 64.5 Å². The number of carbonyl (C=O) groups is 1. The number of methoxy groups -OCH3 is 1. The molecule has 9 heteroatoms. The monoisotopic (exact) mass is 554 g/mol. The van der Waals surface area contributed by atoms with Crippen LogP contribution >= 0.6 is 15.9 Å². The number of aromatic nitrogens is 1. The molecule has 0 bridgehead atoms. The van der Waals surface area contributed by atoms with Crippen LogP contribution in [0.1, 0.15) is 22.6 Å². The van der Waals surface area contributed by atoms with Gasteiger partial charge in [0.15, 0.2) is 11.2 Å². The molecule has 3 N–H and O–H groups in total. The van der Waals surface area contributed by atoms with Gasteiger partial charge in [-0.15, -0.1) is 0 Å². The molecule has 1 amide bonds. The Bertz CT molecular complexity index is 1270. The molecule has 0 spiro atoms. The molecule has 0 radical (unpaired) electrons. The van der Waals surface area contributed by atoms with Crippen molar-refractivity contribution in [3.63, 3.8) is 0 Å². The molecule has 1 aromatic heterocycles. The molecule has 2 aromatic carbocycles. The Morgan fingerprint density at radius 3 is 2.50 bits per heavy atom. The molecule has 2 aliphatic rings. The zero-order valence-electron chi connectivity index (χ0n) is 19.8. The third kappa shape index (κ3) is 3.30. The van der Waals surface area contributed by atoms with Gasteiger partial charge in [-0.2, -0.15) is 0 Å². The van der Waals surface area contributed by atoms with Crippen LogP contribution in [0.25, 0.3) is 0 Å². The van der Waals surface area contributed by atoms with E-state index >= 15 is 0 Å². The smallest absolute Gasteiger partial charge is 0.229 e. The van der Waals surface area contributed by atoms with Crippen LogP contribution in [0, 0.1) is 5.92 Å². The minimum atomic E-state index is -2.06. The summed E-state index contributed by atoms with van der Waals surface area (Å²) in [7, 11) is 3.02. The third-order valence-electron chi connectivity index (χ3n) is 7.41. The first-order valence-electron chi connectivity index (χ1n) is 11.6. The van der Waals surface area contributed by atoms with Crippen LogP contribution < -0.4 is 9.47 Å². The van der Waals surface area contributed by atoms with Gasteiger partial charge in [0.05, 0.1) is 37.6 Å². The zero-order chi connectivity index (χ0) is 25.7. The highest BCUT2D eigenvalue weighted by Crippen LogP contribution is 2.69. The number of halogens is 1. The van der Waals surface area contributed by atoms with Crippen molar-refractivity contribution in [2.24, 2.45) is 5.92 Å². The maximum atomic E-state index is 13.8. The third-order valence-corrected chi connectivity index (χ3v) is 7.94. The summed E-state index contributed by atoms with van der Waals surface area (Å²) in [6, 6.07) is 16.5. The number of fused-ring (bicyclic) bond motifs is 3. The Balaban J connectivity index is 1.85. The second kappa shape index (κ2) is 9.15. The molecule has 1 saturated carbocycles. The second-order valence-corrected chi connectivity index (χ2v) is 10.1. The number of pyridine rings is 1. The first kappa shape index (κ1) is 24.7. The lowest BCUT2D eigenvalue weighted by atomic mass is 9.70. The van der Waals surface area contributed by atoms with Gasteiger partial charge in [-0.25, -0.2) is 0 Å². The number of carbonyl (C=O) groups excluding carboxylic acids is 1. The Hall–Kier alpha value is -2.98. The first-order chi connectivity index (χ1) is 17.3. The number of hydrogen-bond donors (Lipinski definition) is 3. The van der Waals surface area contributed by atoms with E-state index in [4.69, 9.17) is 9.47 Å². The van der Waals surface area contributed by atoms with E-state index in [-0.39, 0.29) is 30.2 Å². The Morgan fingerprint density at radius 1 is 1.17 bits per heavy atom. The number of amides is 1. The number of benzene rings is 2. The number of nitrogens with zero attached hydrogens (tertiary/aromatic N) is 2. The molecule has 2 heterocycles. The lowest BCUT2D eigenvalue weighted by Gasteiger charge is -2.40. The second-order valence-electron chi connectivity index (χ2n) is 9.17. The molecule has 5 atom stereocenters. The van der Waals surface area contributed by atoms with Crippen LogP contribution in [-0.2, 0) is 16.0 Å². The SMILES string of the molecule is COc1cncc2c1[C@]1(O)[C@H](O)[C@H](C(=O)N(C)CCO)[C@@H](c3ccccc3)[C@]1(c1ccc(Br)cc1)O2. The molecule has 1 aliphatic carbocycles. The van der Waals surface area contributed by atoms with Crippen LogP contribution in [0.4, 0.5) is 0 Å². The van der Waals surface area contributed by atoms with Crippen molar-refractivity contribution in [1.82, 2.24) is 9.88 Å². The number of rotatable bonds is 6. The van der Waals surface area contributed by atoms with Crippen molar-refractivity contribution in [3.8, 4) is 11.5 Å². The van der Waals surface area contributed by atoms with Crippen molar-refractivity contribution in [3.05, 3.63) is 88.2 Å². The number of likely N-dealkylation sites (N-methyl/N-ethyl adjacent to an activating group) is 1. The Morgan fingerprint density at radius 2 is 1.86 bits per heavy atom. The zero-order valence-corrected chi connectivity index (χ0v) is 21.4. The largest absolute Gasteiger partial charge is 0.495 e. The Kier molecular flexibility index (Phi) is 6.28. The summed E-state index contributed by atoms with van der Waals surface area (Å²) in [5, 5.41) is 34.1. The lowest BCUT2D eigenvalue weighted by Crippen LogP contribution is -2.52. The topological polar surface area (TPSA) is 112 Å². The van der Waals surface area contributed by atoms with Crippen molar-refractivity contribution in [2.45, 2.75) is 23.2 Å². The average Bonchev–Trinajstić information content (AvgIpc) is 3.27. The van der Waals surface area contributed by atoms with E-state index in [2.05, 4.69) is 20.9 Å². The van der Waals surface area contributed by atoms with Gasteiger partial charge in [0, 0.05) is 24.0 Å². The van der Waals surface area contributed by atoms with Crippen LogP contribution in [0.3, 0.4) is 0 Å². The predicted octanol–water partition coefficient (Wildman–Crippen LogP) is 2.55. The highest BCUT2D eigenvalue weighted by molar-refractivity contribution is 9.10. The highest BCUT2D eigenvalue weighted by atomic mass is 79.9. The van der Waals surface area contributed by atoms with Gasteiger partial charge in [-0.05, 0) is 23.3 Å². The van der Waals surface area contributed by atoms with Crippen LogP contribution in [0.5, 0.6) is 11.5 Å². The lowest BCUT2D eigenvalue weighted by molar-refractivity contribution is -0.156. The van der Waals surface area contributed by atoms with Crippen molar-refractivity contribution >= 4 is 21.8 Å². The molecule has 0 saturated heterocycles. The quantitative estimate of drug-likeness (QED) is 0.429. The van der Waals surface area contributed by atoms with Gasteiger partial charge in [0.1, 0.15) is 17.6 Å². The van der Waals surface area contributed by atoms with E-state index in [0.29, 0.717) is 11.1 Å². The van der Waals surface area contributed by atoms with E-state index in [9.17, 15) is 20.1 Å². The Labute approximate surface area is 217 Å². The van der Waals surface area contributed by atoms with Crippen molar-refractivity contribution < 1.29 is 29.6 Å². The first-order valence-corrected chi connectivity index (χ1v) is 12.4. The molecule has 8 nitrogen and oxygen atoms in total. The van der Waals surface area contributed by atoms with E-state index in [1.165, 1.54) is 24.4 Å². The number of hydrogen-bond acceptors (Lipinski definition) is 7. The molecule has 3 aromatic rings. The molecule has 188 valence electrons. The minimum absolute atomic E-state index is 0.0813. The summed E-state index contributed by atoms with van der Waals surface area (Å²) >= 11 is 3.47. The summed E-state index contributed by atoms with van der Waals surface area (Å²) in [5.41, 5.74) is -2.11. The number of aliphatic hydroxyl groups is 3. The maximum absolute atomic E-state index is 13.8. The highest BCUT2D eigenvalue weighted by Gasteiger charge is 2.78. The fraction of sp³-hybridized carbons (Fsp3) is 0.333. The fourth-order valence-corrected chi connectivity index (χ4v) is 6.15. The van der Waals surface area contributed by atoms with E-state index in [1.54, 1.807) is 7.05 Å². The maximum Gasteiger partial charge on any atom is 0.229 e. The van der Waals surface area contributed by atoms with Gasteiger partial charge in [0.2, 0.25) is 5.91 Å². The van der Waals surface area contributed by atoms with Gasteiger partial charge in [0.25, 0.3) is 0 Å². The molecule has 36 heavy (non-hydrogen) atoms. The summed E-state index contributed by atoms with van der Waals surface area (Å²) < 4.78 is 13.0. The van der Waals surface area contributed by atoms with E-state index in [0.717, 1.165) is 4.47 Å². The molecular weight excluding hydrogens is 528 g/mol. The van der Waals surface area contributed by atoms with Gasteiger partial charge >= 0.3 is 0 Å². The van der Waals surface area contributed by atoms with Crippen molar-refractivity contribution in [2.75, 3.05) is 27.3 Å². The van der Waals surface area contributed by atoms with Crippen LogP contribution in [0.2, 0.25) is 0 Å². The number of aliphatic hydroxyl groups excluding tert-OH is 2. The molecule has 0 unspecified atom stereocenters. The standard InChI is InChI=1S/C27H27BrN2O6/c1-30(12-13-31)25(33)21-22(16-6-4-3-5-7-16)27(17-8-10-18(28)11-9-17)26(34,24(21)32)23-19(35-2)14-29-15-20(23)36-27/h3-11,14-15,21-22,24,31-32,34H,12-13H2,1-2H3/t21-,22-,24-,26+,27+/m1/s1. The average molecular weight is 555 g/mol. The number of ether oxygens (including phenoxy) is 2. The molecule has 1 fully saturated rings. The van der Waals surface area contributed by atoms with Crippen LogP contribution in [0.15, 0.2) is 71.5 Å². The molecule has 5 rings (SSSR count). The van der Waals surface area contributed by atoms with E-state index in [1.807, 2.05) is 54.6 Å². The summed E-state index contributed by atoms with van der Waals surface area (Å²) in [4.78, 5) is 19.4. The summed E-state index contributed by atoms with van der Waals surface area (Å²) in [6.45, 7) is -0.153. The van der Waals surface area contributed by atoms with Gasteiger partial charge in [-0.3, -0.25) is 9.78 Å². The summed E-state index contributed by atoms with van der Waals surface area (Å²) in [6.07, 6.45) is 1.37. The van der Waals surface area contributed by atoms with Crippen molar-refractivity contribution in [1.29, 1.82) is 0 Å². The van der Waals surface area contributed by atoms with E-state index < -0.39 is 35.0 Å². The predicted molar refractivity (Wildman–Crippen MR) is 135 cm³/mol. The normalized spacial score (nSPS) is 28.2. The minimum Gasteiger partial charge on any atom is -0.495 e. The summed E-state index contributed by atoms with van der Waals surface area (Å²) in [5.74, 6) is -1.79. The van der Waals surface area contributed by atoms with Gasteiger partial charge in [-0.1, -0.05) is 58.4 Å². The fourth-order valence-electron chi connectivity index (χ4n) is 5.88. The molecule has 1 aliphatic heterocycles.